The molecule has 2 atom stereocenters. The number of phenols is 2. The van der Waals surface area contributed by atoms with E-state index in [1.54, 1.807) is 0 Å². The lowest BCUT2D eigenvalue weighted by Gasteiger charge is -2.18. The third-order valence-electron chi connectivity index (χ3n) is 5.20. The van der Waals surface area contributed by atoms with Crippen LogP contribution in [0, 0.1) is 0 Å². The number of hydrogen-bond acceptors (Lipinski definition) is 5. The van der Waals surface area contributed by atoms with Crippen LogP contribution >= 0.6 is 0 Å². The molecule has 0 aliphatic heterocycles. The third-order valence-corrected chi connectivity index (χ3v) is 5.20. The summed E-state index contributed by atoms with van der Waals surface area (Å²) in [5, 5.41) is 35.7. The highest BCUT2D eigenvalue weighted by molar-refractivity contribution is 5.78. The molecule has 168 valence electrons. The summed E-state index contributed by atoms with van der Waals surface area (Å²) in [6, 6.07) is 21.9. The summed E-state index contributed by atoms with van der Waals surface area (Å²) < 4.78 is 0. The number of phenolic OH excluding ortho intramolecular Hbond substituents is 2. The molecule has 6 heteroatoms. The Morgan fingerprint density at radius 1 is 0.875 bits per heavy atom. The molecule has 0 fully saturated rings. The first-order valence-corrected chi connectivity index (χ1v) is 10.7. The van der Waals surface area contributed by atoms with Gasteiger partial charge in [-0.05, 0) is 47.7 Å². The maximum absolute atomic E-state index is 12.3. The van der Waals surface area contributed by atoms with Crippen molar-refractivity contribution < 1.29 is 20.1 Å². The molecule has 0 saturated carbocycles. The Hall–Kier alpha value is -3.35. The summed E-state index contributed by atoms with van der Waals surface area (Å²) >= 11 is 0. The summed E-state index contributed by atoms with van der Waals surface area (Å²) in [6.45, 7) is 2.82. The fraction of sp³-hybridized carbons (Fsp3) is 0.269. The number of benzene rings is 3. The van der Waals surface area contributed by atoms with Gasteiger partial charge in [-0.15, -0.1) is 0 Å². The molecule has 3 aromatic rings. The zero-order chi connectivity index (χ0) is 22.9. The Balaban J connectivity index is 1.47. The number of rotatable bonds is 10. The summed E-state index contributed by atoms with van der Waals surface area (Å²) in [5.74, 6) is -0.192. The van der Waals surface area contributed by atoms with Gasteiger partial charge in [-0.25, -0.2) is 0 Å². The molecule has 0 aromatic heterocycles. The topological polar surface area (TPSA) is 102 Å². The van der Waals surface area contributed by atoms with Crippen LogP contribution in [0.1, 0.15) is 35.3 Å². The second-order valence-electron chi connectivity index (χ2n) is 8.07. The van der Waals surface area contributed by atoms with Crippen LogP contribution in [0.3, 0.4) is 0 Å². The number of hydrogen-bond donors (Lipinski definition) is 5. The van der Waals surface area contributed by atoms with Crippen molar-refractivity contribution in [3.63, 3.8) is 0 Å². The van der Waals surface area contributed by atoms with E-state index in [1.165, 1.54) is 18.2 Å². The Bertz CT molecular complexity index is 1000. The Kier molecular flexibility index (Phi) is 8.25. The van der Waals surface area contributed by atoms with E-state index in [1.807, 2.05) is 61.5 Å². The lowest BCUT2D eigenvalue weighted by atomic mass is 10.0. The first-order chi connectivity index (χ1) is 15.4. The van der Waals surface area contributed by atoms with Crippen LogP contribution in [0.2, 0.25) is 0 Å². The number of aromatic hydroxyl groups is 2. The van der Waals surface area contributed by atoms with Crippen molar-refractivity contribution in [2.45, 2.75) is 38.5 Å². The van der Waals surface area contributed by atoms with Gasteiger partial charge in [-0.1, -0.05) is 54.6 Å². The molecule has 0 bridgehead atoms. The number of aliphatic hydroxyl groups is 1. The molecule has 0 aliphatic rings. The first kappa shape index (κ1) is 23.3. The Morgan fingerprint density at radius 3 is 2.25 bits per heavy atom. The van der Waals surface area contributed by atoms with Crippen molar-refractivity contribution >= 4 is 5.91 Å². The van der Waals surface area contributed by atoms with Crippen LogP contribution < -0.4 is 10.6 Å². The van der Waals surface area contributed by atoms with Crippen molar-refractivity contribution in [1.82, 2.24) is 10.6 Å². The van der Waals surface area contributed by atoms with Crippen LogP contribution in [0.25, 0.3) is 0 Å². The lowest BCUT2D eigenvalue weighted by Crippen LogP contribution is -2.32. The van der Waals surface area contributed by atoms with E-state index in [0.717, 1.165) is 23.1 Å². The van der Waals surface area contributed by atoms with E-state index in [0.29, 0.717) is 18.5 Å². The van der Waals surface area contributed by atoms with E-state index >= 15 is 0 Å². The highest BCUT2D eigenvalue weighted by Gasteiger charge is 2.12. The standard InChI is InChI=1S/C26H30N2O4/c1-18(27-17-25(31)22-13-23(29)15-24(30)14-22)10-20-8-5-9-21(11-20)12-26(32)28-16-19-6-3-2-4-7-19/h2-9,11,13-15,18,25,27,29-31H,10,12,16-17H2,1H3,(H,28,32). The molecule has 3 rings (SSSR count). The van der Waals surface area contributed by atoms with Crippen LogP contribution in [0.5, 0.6) is 11.5 Å². The van der Waals surface area contributed by atoms with E-state index in [-0.39, 0.29) is 30.0 Å². The van der Waals surface area contributed by atoms with E-state index < -0.39 is 6.10 Å². The third kappa shape index (κ3) is 7.41. The summed E-state index contributed by atoms with van der Waals surface area (Å²) in [7, 11) is 0. The predicted molar refractivity (Wildman–Crippen MR) is 124 cm³/mol. The Labute approximate surface area is 188 Å². The second-order valence-corrected chi connectivity index (χ2v) is 8.07. The molecule has 5 N–H and O–H groups in total. The van der Waals surface area contributed by atoms with Crippen molar-refractivity contribution in [3.05, 3.63) is 95.1 Å². The zero-order valence-corrected chi connectivity index (χ0v) is 18.2. The maximum Gasteiger partial charge on any atom is 0.224 e. The van der Waals surface area contributed by atoms with Gasteiger partial charge in [0, 0.05) is 25.2 Å². The zero-order valence-electron chi connectivity index (χ0n) is 18.2. The quantitative estimate of drug-likeness (QED) is 0.337. The number of amides is 1. The van der Waals surface area contributed by atoms with Gasteiger partial charge in [0.2, 0.25) is 5.91 Å². The second kappa shape index (κ2) is 11.3. The van der Waals surface area contributed by atoms with Gasteiger partial charge in [0.15, 0.2) is 0 Å². The molecular weight excluding hydrogens is 404 g/mol. The number of nitrogens with one attached hydrogen (secondary N) is 2. The van der Waals surface area contributed by atoms with E-state index in [2.05, 4.69) is 10.6 Å². The van der Waals surface area contributed by atoms with Crippen molar-refractivity contribution in [2.75, 3.05) is 6.54 Å². The van der Waals surface area contributed by atoms with E-state index in [9.17, 15) is 20.1 Å². The van der Waals surface area contributed by atoms with Gasteiger partial charge in [-0.3, -0.25) is 4.79 Å². The summed E-state index contributed by atoms with van der Waals surface area (Å²) in [5.41, 5.74) is 3.57. The van der Waals surface area contributed by atoms with Crippen LogP contribution in [-0.2, 0) is 24.2 Å². The van der Waals surface area contributed by atoms with Crippen molar-refractivity contribution in [2.24, 2.45) is 0 Å². The highest BCUT2D eigenvalue weighted by Crippen LogP contribution is 2.24. The molecular formula is C26H30N2O4. The van der Waals surface area contributed by atoms with Crippen molar-refractivity contribution in [3.8, 4) is 11.5 Å². The molecule has 0 radical (unpaired) electrons. The molecule has 0 spiro atoms. The summed E-state index contributed by atoms with van der Waals surface area (Å²) in [4.78, 5) is 12.3. The van der Waals surface area contributed by atoms with E-state index in [4.69, 9.17) is 0 Å². The van der Waals surface area contributed by atoms with Gasteiger partial charge in [0.05, 0.1) is 12.5 Å². The first-order valence-electron chi connectivity index (χ1n) is 10.7. The van der Waals surface area contributed by atoms with Crippen LogP contribution in [0.15, 0.2) is 72.8 Å². The maximum atomic E-state index is 12.3. The fourth-order valence-electron chi connectivity index (χ4n) is 3.58. The SMILES string of the molecule is CC(Cc1cccc(CC(=O)NCc2ccccc2)c1)NCC(O)c1cc(O)cc(O)c1. The molecule has 0 saturated heterocycles. The average Bonchev–Trinajstić information content (AvgIpc) is 2.76. The van der Waals surface area contributed by atoms with Gasteiger partial charge >= 0.3 is 0 Å². The molecule has 32 heavy (non-hydrogen) atoms. The van der Waals surface area contributed by atoms with Gasteiger partial charge in [0.1, 0.15) is 11.5 Å². The highest BCUT2D eigenvalue weighted by atomic mass is 16.3. The fourth-order valence-corrected chi connectivity index (χ4v) is 3.58. The number of carbonyl (C=O) groups is 1. The average molecular weight is 435 g/mol. The molecule has 0 aliphatic carbocycles. The molecule has 6 nitrogen and oxygen atoms in total. The number of aliphatic hydroxyl groups excluding tert-OH is 1. The molecule has 2 unspecified atom stereocenters. The Morgan fingerprint density at radius 2 is 1.53 bits per heavy atom. The largest absolute Gasteiger partial charge is 0.508 e. The van der Waals surface area contributed by atoms with Crippen LogP contribution in [-0.4, -0.2) is 33.8 Å². The lowest BCUT2D eigenvalue weighted by molar-refractivity contribution is -0.120. The molecule has 0 heterocycles. The van der Waals surface area contributed by atoms with Gasteiger partial charge in [0.25, 0.3) is 0 Å². The smallest absolute Gasteiger partial charge is 0.224 e. The normalized spacial score (nSPS) is 12.8. The minimum absolute atomic E-state index is 0.0188. The van der Waals surface area contributed by atoms with Crippen molar-refractivity contribution in [1.29, 1.82) is 0 Å². The monoisotopic (exact) mass is 434 g/mol. The summed E-state index contributed by atoms with van der Waals surface area (Å²) in [6.07, 6.45) is 0.203. The minimum Gasteiger partial charge on any atom is -0.508 e. The van der Waals surface area contributed by atoms with Gasteiger partial charge in [-0.2, -0.15) is 0 Å². The predicted octanol–water partition coefficient (Wildman–Crippen LogP) is 3.21. The van der Waals surface area contributed by atoms with Crippen LogP contribution in [0.4, 0.5) is 0 Å². The van der Waals surface area contributed by atoms with Gasteiger partial charge < -0.3 is 26.0 Å². The minimum atomic E-state index is -0.852. The molecule has 3 aromatic carbocycles. The number of carbonyl (C=O) groups excluding carboxylic acids is 1. The molecule has 1 amide bonds.